The van der Waals surface area contributed by atoms with Crippen molar-refractivity contribution in [3.05, 3.63) is 65.0 Å². The Bertz CT molecular complexity index is 854. The molecule has 0 atom stereocenters. The fraction of sp³-hybridized carbons (Fsp3) is 0.478. The smallest absolute Gasteiger partial charge is 0.191 e. The van der Waals surface area contributed by atoms with E-state index in [1.165, 1.54) is 23.3 Å². The molecule has 0 radical (unpaired) electrons. The van der Waals surface area contributed by atoms with E-state index in [0.29, 0.717) is 12.6 Å². The van der Waals surface area contributed by atoms with Crippen molar-refractivity contribution in [3.63, 3.8) is 0 Å². The summed E-state index contributed by atoms with van der Waals surface area (Å²) in [6.45, 7) is 8.13. The first-order chi connectivity index (χ1) is 14.5. The normalized spacial score (nSPS) is 15.4. The summed E-state index contributed by atoms with van der Waals surface area (Å²) in [7, 11) is 0. The van der Waals surface area contributed by atoms with Crippen molar-refractivity contribution in [2.75, 3.05) is 26.2 Å². The lowest BCUT2D eigenvalue weighted by Crippen LogP contribution is -2.48. The summed E-state index contributed by atoms with van der Waals surface area (Å²) in [5.41, 5.74) is 3.27. The monoisotopic (exact) mass is 543 g/mol. The summed E-state index contributed by atoms with van der Waals surface area (Å²) >= 11 is 0. The molecule has 0 aliphatic carbocycles. The van der Waals surface area contributed by atoms with E-state index in [4.69, 9.17) is 4.99 Å². The van der Waals surface area contributed by atoms with Crippen molar-refractivity contribution in [2.45, 2.75) is 45.7 Å². The molecule has 0 spiro atoms. The van der Waals surface area contributed by atoms with Crippen molar-refractivity contribution < 1.29 is 8.78 Å². The number of likely N-dealkylation sites (tertiary alicyclic amines) is 1. The number of nitrogens with one attached hydrogen (secondary N) is 2. The summed E-state index contributed by atoms with van der Waals surface area (Å²) in [5.74, 6) is -0.725. The number of rotatable bonds is 7. The minimum Gasteiger partial charge on any atom is -0.357 e. The van der Waals surface area contributed by atoms with Crippen LogP contribution in [0.15, 0.2) is 41.7 Å². The van der Waals surface area contributed by atoms with Crippen LogP contribution in [0.1, 0.15) is 36.5 Å². The molecule has 1 fully saturated rings. The van der Waals surface area contributed by atoms with Gasteiger partial charge in [0, 0.05) is 51.2 Å². The van der Waals surface area contributed by atoms with Gasteiger partial charge in [0.05, 0.1) is 0 Å². The molecule has 1 aliphatic rings. The average Bonchev–Trinajstić information content (AvgIpc) is 2.74. The Balaban J connectivity index is 0.00000341. The number of benzene rings is 1. The summed E-state index contributed by atoms with van der Waals surface area (Å²) < 4.78 is 26.5. The maximum atomic E-state index is 13.4. The number of nitrogens with zero attached hydrogens (tertiary/aromatic N) is 3. The van der Waals surface area contributed by atoms with Gasteiger partial charge in [0.15, 0.2) is 17.6 Å². The second-order valence-corrected chi connectivity index (χ2v) is 7.76. The highest BCUT2D eigenvalue weighted by atomic mass is 127. The molecule has 0 unspecified atom stereocenters. The molecule has 170 valence electrons. The predicted molar refractivity (Wildman–Crippen MR) is 132 cm³/mol. The van der Waals surface area contributed by atoms with Gasteiger partial charge >= 0.3 is 0 Å². The second kappa shape index (κ2) is 12.9. The molecule has 1 saturated heterocycles. The van der Waals surface area contributed by atoms with Crippen molar-refractivity contribution in [1.29, 1.82) is 0 Å². The van der Waals surface area contributed by atoms with Gasteiger partial charge in [-0.3, -0.25) is 14.9 Å². The van der Waals surface area contributed by atoms with Gasteiger partial charge in [0.25, 0.3) is 0 Å². The van der Waals surface area contributed by atoms with E-state index in [2.05, 4.69) is 34.4 Å². The molecule has 0 saturated carbocycles. The Morgan fingerprint density at radius 1 is 1.19 bits per heavy atom. The third-order valence-corrected chi connectivity index (χ3v) is 5.45. The Morgan fingerprint density at radius 3 is 2.65 bits per heavy atom. The second-order valence-electron chi connectivity index (χ2n) is 7.76. The fourth-order valence-corrected chi connectivity index (χ4v) is 3.72. The topological polar surface area (TPSA) is 52.6 Å². The summed E-state index contributed by atoms with van der Waals surface area (Å²) in [6.07, 6.45) is 6.56. The molecule has 1 aliphatic heterocycles. The van der Waals surface area contributed by atoms with Gasteiger partial charge < -0.3 is 10.6 Å². The minimum absolute atomic E-state index is 0. The maximum absolute atomic E-state index is 13.4. The Labute approximate surface area is 200 Å². The van der Waals surface area contributed by atoms with Gasteiger partial charge in [0.1, 0.15) is 0 Å². The highest BCUT2D eigenvalue weighted by molar-refractivity contribution is 14.0. The van der Waals surface area contributed by atoms with Crippen LogP contribution in [0, 0.1) is 18.6 Å². The number of piperidine rings is 1. The molecule has 8 heteroatoms. The number of guanidine groups is 1. The molecule has 0 bridgehead atoms. The van der Waals surface area contributed by atoms with E-state index in [1.807, 2.05) is 18.5 Å². The van der Waals surface area contributed by atoms with Crippen LogP contribution in [0.5, 0.6) is 0 Å². The number of hydrogen-bond acceptors (Lipinski definition) is 3. The molecule has 2 aromatic rings. The van der Waals surface area contributed by atoms with Crippen molar-refractivity contribution >= 4 is 29.9 Å². The maximum Gasteiger partial charge on any atom is 0.191 e. The van der Waals surface area contributed by atoms with E-state index in [-0.39, 0.29) is 24.0 Å². The van der Waals surface area contributed by atoms with Crippen molar-refractivity contribution in [2.24, 2.45) is 4.99 Å². The first-order valence-electron chi connectivity index (χ1n) is 10.7. The zero-order chi connectivity index (χ0) is 21.3. The largest absolute Gasteiger partial charge is 0.357 e. The zero-order valence-corrected chi connectivity index (χ0v) is 20.5. The third kappa shape index (κ3) is 7.99. The third-order valence-electron chi connectivity index (χ3n) is 5.45. The van der Waals surface area contributed by atoms with Crippen LogP contribution in [0.3, 0.4) is 0 Å². The first-order valence-corrected chi connectivity index (χ1v) is 10.7. The number of aliphatic imine (C=N–C) groups is 1. The first kappa shape index (κ1) is 25.5. The number of hydrogen-bond donors (Lipinski definition) is 2. The summed E-state index contributed by atoms with van der Waals surface area (Å²) in [5, 5.41) is 6.88. The Kier molecular flexibility index (Phi) is 10.6. The van der Waals surface area contributed by atoms with Crippen LogP contribution in [-0.2, 0) is 13.0 Å². The van der Waals surface area contributed by atoms with Crippen LogP contribution >= 0.6 is 24.0 Å². The lowest BCUT2D eigenvalue weighted by molar-refractivity contribution is 0.198. The quantitative estimate of drug-likeness (QED) is 0.315. The van der Waals surface area contributed by atoms with E-state index in [0.717, 1.165) is 57.0 Å². The highest BCUT2D eigenvalue weighted by Gasteiger charge is 2.20. The van der Waals surface area contributed by atoms with Gasteiger partial charge in [0.2, 0.25) is 0 Å². The van der Waals surface area contributed by atoms with Crippen LogP contribution < -0.4 is 10.6 Å². The molecule has 1 aromatic carbocycles. The lowest BCUT2D eigenvalue weighted by atomic mass is 10.0. The SMILES string of the molecule is CCNC(=NCCc1ccncc1C)NC1CCN(Cc2ccc(F)c(F)c2)CC1.I. The molecule has 2 N–H and O–H groups in total. The standard InChI is InChI=1S/C23H31F2N5.HI/c1-3-27-23(28-11-7-19-6-10-26-15-17(19)2)29-20-8-12-30(13-9-20)16-18-4-5-21(24)22(25)14-18;/h4-6,10,14-15,20H,3,7-9,11-13,16H2,1-2H3,(H2,27,28,29);1H. The van der Waals surface area contributed by atoms with E-state index >= 15 is 0 Å². The number of halogens is 3. The molecule has 31 heavy (non-hydrogen) atoms. The zero-order valence-electron chi connectivity index (χ0n) is 18.2. The summed E-state index contributed by atoms with van der Waals surface area (Å²) in [4.78, 5) is 11.1. The van der Waals surface area contributed by atoms with E-state index < -0.39 is 11.6 Å². The number of pyridine rings is 1. The molecular weight excluding hydrogens is 511 g/mol. The molecule has 1 aromatic heterocycles. The van der Waals surface area contributed by atoms with Gasteiger partial charge in [-0.25, -0.2) is 8.78 Å². The molecule has 0 amide bonds. The van der Waals surface area contributed by atoms with Crippen molar-refractivity contribution in [3.8, 4) is 0 Å². The van der Waals surface area contributed by atoms with E-state index in [9.17, 15) is 8.78 Å². The average molecular weight is 543 g/mol. The van der Waals surface area contributed by atoms with Crippen LogP contribution in [0.4, 0.5) is 8.78 Å². The van der Waals surface area contributed by atoms with Crippen molar-refractivity contribution in [1.82, 2.24) is 20.5 Å². The highest BCUT2D eigenvalue weighted by Crippen LogP contribution is 2.16. The molecular formula is C23H32F2IN5. The molecule has 2 heterocycles. The fourth-order valence-electron chi connectivity index (χ4n) is 3.72. The van der Waals surface area contributed by atoms with Crippen LogP contribution in [0.25, 0.3) is 0 Å². The summed E-state index contributed by atoms with van der Waals surface area (Å²) in [6, 6.07) is 6.55. The van der Waals surface area contributed by atoms with Gasteiger partial charge in [-0.1, -0.05) is 6.07 Å². The lowest BCUT2D eigenvalue weighted by Gasteiger charge is -2.33. The van der Waals surface area contributed by atoms with Crippen LogP contribution in [0.2, 0.25) is 0 Å². The Morgan fingerprint density at radius 2 is 1.97 bits per heavy atom. The Hall–Kier alpha value is -1.81. The minimum atomic E-state index is -0.795. The predicted octanol–water partition coefficient (Wildman–Crippen LogP) is 4.05. The van der Waals surface area contributed by atoms with Crippen LogP contribution in [-0.4, -0.2) is 48.1 Å². The van der Waals surface area contributed by atoms with Gasteiger partial charge in [-0.05, 0) is 68.0 Å². The van der Waals surface area contributed by atoms with Gasteiger partial charge in [-0.2, -0.15) is 0 Å². The molecule has 3 rings (SSSR count). The molecule has 5 nitrogen and oxygen atoms in total. The van der Waals surface area contributed by atoms with Gasteiger partial charge in [-0.15, -0.1) is 24.0 Å². The number of aryl methyl sites for hydroxylation is 1. The number of aromatic nitrogens is 1. The van der Waals surface area contributed by atoms with E-state index in [1.54, 1.807) is 6.07 Å².